The van der Waals surface area contributed by atoms with Gasteiger partial charge in [-0.15, -0.1) is 0 Å². The lowest BCUT2D eigenvalue weighted by molar-refractivity contribution is -0.116. The van der Waals surface area contributed by atoms with Crippen LogP contribution in [0.3, 0.4) is 0 Å². The number of ether oxygens (including phenoxy) is 1. The van der Waals surface area contributed by atoms with E-state index in [-0.39, 0.29) is 11.9 Å². The van der Waals surface area contributed by atoms with Crippen molar-refractivity contribution in [2.45, 2.75) is 57.0 Å². The fourth-order valence-corrected chi connectivity index (χ4v) is 5.32. The molecule has 0 spiro atoms. The number of aliphatic imine (C=N–C) groups is 1. The van der Waals surface area contributed by atoms with Crippen LogP contribution in [0, 0.1) is 0 Å². The zero-order valence-corrected chi connectivity index (χ0v) is 18.9. The van der Waals surface area contributed by atoms with E-state index in [1.54, 1.807) is 11.8 Å². The fraction of sp³-hybridized carbons (Fsp3) is 0.440. The number of hydrogen-bond donors (Lipinski definition) is 1. The molecule has 1 unspecified atom stereocenters. The molecule has 0 radical (unpaired) electrons. The first kappa shape index (κ1) is 21.8. The lowest BCUT2D eigenvalue weighted by atomic mass is 10.1. The van der Waals surface area contributed by atoms with Gasteiger partial charge < -0.3 is 15.0 Å². The van der Waals surface area contributed by atoms with Gasteiger partial charge in [0.1, 0.15) is 11.5 Å². The Morgan fingerprint density at radius 2 is 1.71 bits per heavy atom. The molecular formula is C25H31N3O2S. The Hall–Kier alpha value is -2.47. The molecule has 4 rings (SSSR count). The molecule has 5 nitrogen and oxygen atoms in total. The van der Waals surface area contributed by atoms with Crippen molar-refractivity contribution in [3.8, 4) is 11.5 Å². The molecule has 1 atom stereocenters. The number of amidine groups is 1. The summed E-state index contributed by atoms with van der Waals surface area (Å²) in [6.45, 7) is 0. The molecule has 2 aromatic carbocycles. The van der Waals surface area contributed by atoms with E-state index in [0.29, 0.717) is 12.5 Å². The van der Waals surface area contributed by atoms with Crippen LogP contribution in [0.1, 0.15) is 44.9 Å². The van der Waals surface area contributed by atoms with Crippen molar-refractivity contribution < 1.29 is 9.53 Å². The Balaban J connectivity index is 1.27. The molecule has 1 heterocycles. The van der Waals surface area contributed by atoms with Gasteiger partial charge in [-0.25, -0.2) is 0 Å². The maximum Gasteiger partial charge on any atom is 0.226 e. The van der Waals surface area contributed by atoms with Gasteiger partial charge in [0, 0.05) is 31.0 Å². The maximum absolute atomic E-state index is 12.6. The predicted octanol–water partition coefficient (Wildman–Crippen LogP) is 5.93. The molecule has 0 aromatic heterocycles. The van der Waals surface area contributed by atoms with Gasteiger partial charge >= 0.3 is 0 Å². The summed E-state index contributed by atoms with van der Waals surface area (Å²) in [4.78, 5) is 19.8. The van der Waals surface area contributed by atoms with Crippen LogP contribution in [-0.2, 0) is 4.79 Å². The molecule has 164 valence electrons. The number of hydrogen-bond acceptors (Lipinski definition) is 4. The second kappa shape index (κ2) is 10.7. The lowest BCUT2D eigenvalue weighted by Crippen LogP contribution is -2.34. The number of rotatable bonds is 6. The second-order valence-electron chi connectivity index (χ2n) is 8.32. The van der Waals surface area contributed by atoms with Crippen LogP contribution in [0.15, 0.2) is 59.6 Å². The molecule has 2 aliphatic rings. The number of nitrogens with one attached hydrogen (secondary N) is 1. The molecular weight excluding hydrogens is 406 g/mol. The standard InChI is InChI=1S/C25H31N3O2S/c1-28-21(18-31-25(28)27-19-9-5-2-3-6-10-19)17-24(29)26-20-13-15-23(16-14-20)30-22-11-7-4-8-12-22/h4,7-8,11-16,19,21H,2-3,5-6,9-10,17-18H2,1H3,(H,26,29). The van der Waals surface area contributed by atoms with Crippen molar-refractivity contribution in [3.05, 3.63) is 54.6 Å². The van der Waals surface area contributed by atoms with Crippen LogP contribution < -0.4 is 10.1 Å². The van der Waals surface area contributed by atoms with E-state index in [4.69, 9.17) is 9.73 Å². The molecule has 1 saturated heterocycles. The van der Waals surface area contributed by atoms with Crippen LogP contribution in [0.4, 0.5) is 5.69 Å². The topological polar surface area (TPSA) is 53.9 Å². The number of anilines is 1. The van der Waals surface area contributed by atoms with Gasteiger partial charge in [-0.2, -0.15) is 0 Å². The summed E-state index contributed by atoms with van der Waals surface area (Å²) in [5, 5.41) is 4.12. The third-order valence-electron chi connectivity index (χ3n) is 5.91. The highest BCUT2D eigenvalue weighted by atomic mass is 32.2. The van der Waals surface area contributed by atoms with Crippen LogP contribution in [-0.4, -0.2) is 40.9 Å². The number of carbonyl (C=O) groups excluding carboxylic acids is 1. The highest BCUT2D eigenvalue weighted by Crippen LogP contribution is 2.28. The van der Waals surface area contributed by atoms with E-state index in [0.717, 1.165) is 28.1 Å². The molecule has 1 saturated carbocycles. The van der Waals surface area contributed by atoms with Crippen LogP contribution in [0.25, 0.3) is 0 Å². The third-order valence-corrected chi connectivity index (χ3v) is 7.11. The Kier molecular flexibility index (Phi) is 7.52. The van der Waals surface area contributed by atoms with Gasteiger partial charge in [0.05, 0.1) is 6.04 Å². The van der Waals surface area contributed by atoms with Gasteiger partial charge in [0.2, 0.25) is 5.91 Å². The highest BCUT2D eigenvalue weighted by Gasteiger charge is 2.29. The van der Waals surface area contributed by atoms with Crippen molar-refractivity contribution in [1.82, 2.24) is 4.90 Å². The first-order valence-corrected chi connectivity index (χ1v) is 12.2. The average Bonchev–Trinajstić information content (AvgIpc) is 2.96. The zero-order chi connectivity index (χ0) is 21.5. The van der Waals surface area contributed by atoms with E-state index in [1.165, 1.54) is 38.5 Å². The molecule has 2 fully saturated rings. The number of amides is 1. The molecule has 1 N–H and O–H groups in total. The molecule has 1 aliphatic heterocycles. The van der Waals surface area contributed by atoms with E-state index in [9.17, 15) is 4.79 Å². The van der Waals surface area contributed by atoms with E-state index >= 15 is 0 Å². The van der Waals surface area contributed by atoms with Gasteiger partial charge in [0.15, 0.2) is 5.17 Å². The minimum Gasteiger partial charge on any atom is -0.457 e. The Morgan fingerprint density at radius 3 is 2.42 bits per heavy atom. The van der Waals surface area contributed by atoms with Crippen LogP contribution >= 0.6 is 11.8 Å². The summed E-state index contributed by atoms with van der Waals surface area (Å²) < 4.78 is 5.81. The van der Waals surface area contributed by atoms with Crippen molar-refractivity contribution in [3.63, 3.8) is 0 Å². The Bertz CT molecular complexity index is 877. The SMILES string of the molecule is CN1C(=NC2CCCCCC2)SCC1CC(=O)Nc1ccc(Oc2ccccc2)cc1. The van der Waals surface area contributed by atoms with Gasteiger partial charge in [-0.3, -0.25) is 9.79 Å². The molecule has 0 bridgehead atoms. The maximum atomic E-state index is 12.6. The van der Waals surface area contributed by atoms with Gasteiger partial charge in [0.25, 0.3) is 0 Å². The summed E-state index contributed by atoms with van der Waals surface area (Å²) in [5.74, 6) is 2.49. The van der Waals surface area contributed by atoms with E-state index in [1.807, 2.05) is 54.6 Å². The smallest absolute Gasteiger partial charge is 0.226 e. The van der Waals surface area contributed by atoms with Crippen molar-refractivity contribution >= 4 is 28.5 Å². The number of para-hydroxylation sites is 1. The number of nitrogens with zero attached hydrogens (tertiary/aromatic N) is 2. The highest BCUT2D eigenvalue weighted by molar-refractivity contribution is 8.14. The molecule has 1 aliphatic carbocycles. The summed E-state index contributed by atoms with van der Waals surface area (Å²) in [6.07, 6.45) is 8.13. The van der Waals surface area contributed by atoms with Crippen molar-refractivity contribution in [2.24, 2.45) is 4.99 Å². The summed E-state index contributed by atoms with van der Waals surface area (Å²) in [7, 11) is 2.07. The van der Waals surface area contributed by atoms with E-state index < -0.39 is 0 Å². The summed E-state index contributed by atoms with van der Waals surface area (Å²) in [6, 6.07) is 17.8. The van der Waals surface area contributed by atoms with E-state index in [2.05, 4.69) is 17.3 Å². The molecule has 31 heavy (non-hydrogen) atoms. The quantitative estimate of drug-likeness (QED) is 0.569. The van der Waals surface area contributed by atoms with Crippen molar-refractivity contribution in [1.29, 1.82) is 0 Å². The Morgan fingerprint density at radius 1 is 1.03 bits per heavy atom. The van der Waals surface area contributed by atoms with Crippen LogP contribution in [0.2, 0.25) is 0 Å². The largest absolute Gasteiger partial charge is 0.457 e. The molecule has 6 heteroatoms. The fourth-order valence-electron chi connectivity index (χ4n) is 4.06. The zero-order valence-electron chi connectivity index (χ0n) is 18.1. The monoisotopic (exact) mass is 437 g/mol. The third kappa shape index (κ3) is 6.26. The number of thioether (sulfide) groups is 1. The molecule has 2 aromatic rings. The normalized spacial score (nSPS) is 21.1. The number of benzene rings is 2. The summed E-state index contributed by atoms with van der Waals surface area (Å²) in [5.41, 5.74) is 0.783. The number of carbonyl (C=O) groups is 1. The minimum atomic E-state index is 0.0323. The van der Waals surface area contributed by atoms with Crippen molar-refractivity contribution in [2.75, 3.05) is 18.1 Å². The minimum absolute atomic E-state index is 0.0323. The van der Waals surface area contributed by atoms with Gasteiger partial charge in [-0.05, 0) is 49.2 Å². The Labute approximate surface area is 189 Å². The van der Waals surface area contributed by atoms with Crippen LogP contribution in [0.5, 0.6) is 11.5 Å². The van der Waals surface area contributed by atoms with Gasteiger partial charge in [-0.1, -0.05) is 55.6 Å². The lowest BCUT2D eigenvalue weighted by Gasteiger charge is -2.21. The summed E-state index contributed by atoms with van der Waals surface area (Å²) >= 11 is 1.79. The predicted molar refractivity (Wildman–Crippen MR) is 129 cm³/mol. The average molecular weight is 438 g/mol. The first-order chi connectivity index (χ1) is 15.2. The molecule has 1 amide bonds. The second-order valence-corrected chi connectivity index (χ2v) is 9.31. The first-order valence-electron chi connectivity index (χ1n) is 11.2.